The second kappa shape index (κ2) is 7.61. The molecule has 1 aromatic rings. The summed E-state index contributed by atoms with van der Waals surface area (Å²) in [5.74, 6) is -0.0621. The molecule has 0 radical (unpaired) electrons. The summed E-state index contributed by atoms with van der Waals surface area (Å²) in [5.41, 5.74) is -0.766. The Bertz CT molecular complexity index is 991. The van der Waals surface area contributed by atoms with Crippen LogP contribution in [0.15, 0.2) is 23.5 Å². The molecule has 1 aliphatic heterocycles. The van der Waals surface area contributed by atoms with Gasteiger partial charge in [0.15, 0.2) is 17.3 Å². The third kappa shape index (κ3) is 3.62. The number of benzene rings is 1. The van der Waals surface area contributed by atoms with Crippen LogP contribution in [0.5, 0.6) is 11.5 Å². The molecule has 0 amide bonds. The lowest BCUT2D eigenvalue weighted by atomic mass is 9.60. The van der Waals surface area contributed by atoms with Crippen molar-refractivity contribution >= 4 is 17.3 Å². The van der Waals surface area contributed by atoms with Gasteiger partial charge in [0.05, 0.1) is 10.8 Å². The van der Waals surface area contributed by atoms with Crippen LogP contribution in [0, 0.1) is 22.7 Å². The Morgan fingerprint density at radius 1 is 1.03 bits per heavy atom. The maximum atomic E-state index is 13.5. The number of ketones is 3. The minimum Gasteiger partial charge on any atom is -0.507 e. The largest absolute Gasteiger partial charge is 0.507 e. The zero-order valence-corrected chi connectivity index (χ0v) is 19.9. The number of carbonyl (C=O) groups is 3. The number of hydrogen-bond acceptors (Lipinski definition) is 5. The number of rotatable bonds is 5. The number of allylic oxidation sites excluding steroid dienone is 2. The summed E-state index contributed by atoms with van der Waals surface area (Å²) in [7, 11) is 0. The molecule has 2 aliphatic rings. The number of carbonyl (C=O) groups excluding carboxylic acids is 3. The Hall–Kier alpha value is -2.43. The maximum Gasteiger partial charge on any atom is 0.175 e. The van der Waals surface area contributed by atoms with E-state index in [-0.39, 0.29) is 52.8 Å². The molecule has 0 fully saturated rings. The molecule has 31 heavy (non-hydrogen) atoms. The van der Waals surface area contributed by atoms with Crippen molar-refractivity contribution < 1.29 is 24.2 Å². The van der Waals surface area contributed by atoms with Gasteiger partial charge in [0.2, 0.25) is 0 Å². The van der Waals surface area contributed by atoms with Crippen molar-refractivity contribution in [2.24, 2.45) is 22.7 Å². The number of Topliss-reactive ketones (excluding diaryl/α,β-unsaturated/α-hetero) is 3. The van der Waals surface area contributed by atoms with E-state index in [0.29, 0.717) is 23.5 Å². The van der Waals surface area contributed by atoms with E-state index < -0.39 is 10.8 Å². The van der Waals surface area contributed by atoms with Crippen molar-refractivity contribution in [3.05, 3.63) is 34.6 Å². The average Bonchev–Trinajstić information content (AvgIpc) is 2.64. The summed E-state index contributed by atoms with van der Waals surface area (Å²) in [5, 5.41) is 10.6. The molecule has 1 aliphatic carbocycles. The van der Waals surface area contributed by atoms with Gasteiger partial charge in [0, 0.05) is 23.5 Å². The highest BCUT2D eigenvalue weighted by Gasteiger charge is 2.57. The van der Waals surface area contributed by atoms with E-state index in [4.69, 9.17) is 4.74 Å². The minimum absolute atomic E-state index is 0.114. The smallest absolute Gasteiger partial charge is 0.175 e. The first-order chi connectivity index (χ1) is 14.2. The molecule has 0 spiro atoms. The highest BCUT2D eigenvalue weighted by Crippen LogP contribution is 2.55. The van der Waals surface area contributed by atoms with Crippen molar-refractivity contribution in [2.45, 2.75) is 74.1 Å². The van der Waals surface area contributed by atoms with Crippen LogP contribution in [0.3, 0.4) is 0 Å². The lowest BCUT2D eigenvalue weighted by Crippen LogP contribution is -2.51. The zero-order chi connectivity index (χ0) is 23.5. The van der Waals surface area contributed by atoms with Gasteiger partial charge in [-0.3, -0.25) is 14.4 Å². The summed E-state index contributed by atoms with van der Waals surface area (Å²) in [4.78, 5) is 39.8. The van der Waals surface area contributed by atoms with Gasteiger partial charge in [0.1, 0.15) is 22.8 Å². The second-order valence-electron chi connectivity index (χ2n) is 10.8. The van der Waals surface area contributed by atoms with Crippen LogP contribution in [-0.4, -0.2) is 22.5 Å². The Morgan fingerprint density at radius 3 is 2.19 bits per heavy atom. The third-order valence-corrected chi connectivity index (χ3v) is 6.43. The first-order valence-corrected chi connectivity index (χ1v) is 11.1. The number of phenolic OH excluding ortho intramolecular Hbond substituents is 1. The molecule has 5 heteroatoms. The van der Waals surface area contributed by atoms with Crippen LogP contribution in [-0.2, 0) is 9.59 Å². The zero-order valence-electron chi connectivity index (χ0n) is 19.9. The molecule has 3 rings (SSSR count). The van der Waals surface area contributed by atoms with E-state index in [1.807, 2.05) is 13.8 Å². The van der Waals surface area contributed by atoms with Crippen LogP contribution < -0.4 is 4.74 Å². The van der Waals surface area contributed by atoms with Gasteiger partial charge in [-0.15, -0.1) is 0 Å². The van der Waals surface area contributed by atoms with Crippen molar-refractivity contribution in [3.63, 3.8) is 0 Å². The van der Waals surface area contributed by atoms with Gasteiger partial charge in [-0.2, -0.15) is 0 Å². The Morgan fingerprint density at radius 2 is 1.65 bits per heavy atom. The van der Waals surface area contributed by atoms with Crippen LogP contribution in [0.25, 0.3) is 0 Å². The first-order valence-electron chi connectivity index (χ1n) is 11.1. The topological polar surface area (TPSA) is 80.7 Å². The van der Waals surface area contributed by atoms with Crippen LogP contribution in [0.4, 0.5) is 0 Å². The van der Waals surface area contributed by atoms with E-state index in [0.717, 1.165) is 5.56 Å². The molecule has 1 atom stereocenters. The SMILES string of the molecule is CC(C)CC(=O)c1c(O)ccc2c1OC1=C(C(=O)C(C)(C)C(=O)C1(C)C)C2CC(C)C. The molecule has 5 nitrogen and oxygen atoms in total. The molecule has 1 aromatic carbocycles. The van der Waals surface area contributed by atoms with Crippen molar-refractivity contribution in [2.75, 3.05) is 0 Å². The fraction of sp³-hybridized carbons (Fsp3) is 0.577. The summed E-state index contributed by atoms with van der Waals surface area (Å²) in [6, 6.07) is 3.26. The summed E-state index contributed by atoms with van der Waals surface area (Å²) < 4.78 is 6.27. The standard InChI is InChI=1S/C26H34O5/c1-13(2)11-16-15-9-10-17(27)20(18(28)12-14(3)4)21(15)31-23-19(16)22(29)25(5,6)24(30)26(23,7)8/h9-10,13-14,16,27H,11-12H2,1-8H3. The third-order valence-electron chi connectivity index (χ3n) is 6.43. The predicted octanol–water partition coefficient (Wildman–Crippen LogP) is 5.60. The van der Waals surface area contributed by atoms with Crippen LogP contribution in [0.1, 0.15) is 90.1 Å². The quantitative estimate of drug-likeness (QED) is 0.489. The fourth-order valence-electron chi connectivity index (χ4n) is 4.95. The molecular formula is C26H34O5. The van der Waals surface area contributed by atoms with E-state index >= 15 is 0 Å². The van der Waals surface area contributed by atoms with E-state index in [1.54, 1.807) is 33.8 Å². The van der Waals surface area contributed by atoms with Crippen LogP contribution in [0.2, 0.25) is 0 Å². The predicted molar refractivity (Wildman–Crippen MR) is 119 cm³/mol. The summed E-state index contributed by atoms with van der Waals surface area (Å²) in [6.07, 6.45) is 0.937. The van der Waals surface area contributed by atoms with Gasteiger partial charge in [-0.05, 0) is 52.0 Å². The number of hydrogen-bond donors (Lipinski definition) is 1. The second-order valence-corrected chi connectivity index (χ2v) is 10.8. The Labute approximate surface area is 184 Å². The van der Waals surface area contributed by atoms with Gasteiger partial charge in [-0.25, -0.2) is 0 Å². The number of aromatic hydroxyl groups is 1. The Kier molecular flexibility index (Phi) is 5.71. The van der Waals surface area contributed by atoms with Gasteiger partial charge in [-0.1, -0.05) is 33.8 Å². The molecule has 0 saturated carbocycles. The van der Waals surface area contributed by atoms with Gasteiger partial charge < -0.3 is 9.84 Å². The first kappa shape index (κ1) is 23.2. The Balaban J connectivity index is 2.31. The van der Waals surface area contributed by atoms with E-state index in [1.165, 1.54) is 6.07 Å². The number of ether oxygens (including phenoxy) is 1. The molecule has 0 bridgehead atoms. The summed E-state index contributed by atoms with van der Waals surface area (Å²) >= 11 is 0. The molecule has 1 heterocycles. The number of phenols is 1. The number of fused-ring (bicyclic) bond motifs is 1. The molecule has 1 unspecified atom stereocenters. The summed E-state index contributed by atoms with van der Waals surface area (Å²) in [6.45, 7) is 14.9. The molecule has 0 aromatic heterocycles. The lowest BCUT2D eigenvalue weighted by Gasteiger charge is -2.45. The minimum atomic E-state index is -1.15. The maximum absolute atomic E-state index is 13.5. The monoisotopic (exact) mass is 426 g/mol. The normalized spacial score (nSPS) is 21.8. The van der Waals surface area contributed by atoms with E-state index in [9.17, 15) is 19.5 Å². The fourth-order valence-corrected chi connectivity index (χ4v) is 4.95. The van der Waals surface area contributed by atoms with E-state index in [2.05, 4.69) is 13.8 Å². The van der Waals surface area contributed by atoms with Crippen molar-refractivity contribution in [3.8, 4) is 11.5 Å². The van der Waals surface area contributed by atoms with Gasteiger partial charge in [0.25, 0.3) is 0 Å². The van der Waals surface area contributed by atoms with Crippen molar-refractivity contribution in [1.29, 1.82) is 0 Å². The van der Waals surface area contributed by atoms with Crippen LogP contribution >= 0.6 is 0 Å². The molecule has 0 saturated heterocycles. The highest BCUT2D eigenvalue weighted by atomic mass is 16.5. The molecular weight excluding hydrogens is 392 g/mol. The lowest BCUT2D eigenvalue weighted by molar-refractivity contribution is -0.144. The van der Waals surface area contributed by atoms with Gasteiger partial charge >= 0.3 is 0 Å². The highest BCUT2D eigenvalue weighted by molar-refractivity contribution is 6.20. The molecule has 168 valence electrons. The average molecular weight is 427 g/mol. The molecule has 1 N–H and O–H groups in total. The van der Waals surface area contributed by atoms with Crippen molar-refractivity contribution in [1.82, 2.24) is 0 Å².